The van der Waals surface area contributed by atoms with E-state index in [0.717, 1.165) is 12.8 Å². The second-order valence-electron chi connectivity index (χ2n) is 5.99. The Morgan fingerprint density at radius 1 is 0.727 bits per heavy atom. The van der Waals surface area contributed by atoms with Gasteiger partial charge in [-0.1, -0.05) is 74.4 Å². The lowest BCUT2D eigenvalue weighted by Gasteiger charge is -2.06. The van der Waals surface area contributed by atoms with Gasteiger partial charge in [0.05, 0.1) is 0 Å². The fraction of sp³-hybridized carbons (Fsp3) is 0.364. The molecule has 0 amide bonds. The number of benzene rings is 2. The van der Waals surface area contributed by atoms with Crippen LogP contribution in [0.25, 0.3) is 11.1 Å². The van der Waals surface area contributed by atoms with Gasteiger partial charge in [-0.05, 0) is 54.4 Å². The van der Waals surface area contributed by atoms with E-state index in [0.29, 0.717) is 0 Å². The Hall–Kier alpha value is -1.82. The molecule has 0 aliphatic rings. The Balaban J connectivity index is 1.83. The van der Waals surface area contributed by atoms with E-state index in [9.17, 15) is 0 Å². The van der Waals surface area contributed by atoms with E-state index in [2.05, 4.69) is 62.0 Å². The van der Waals surface area contributed by atoms with Crippen molar-refractivity contribution in [1.29, 1.82) is 0 Å². The lowest BCUT2D eigenvalue weighted by Crippen LogP contribution is -1.87. The molecule has 0 atom stereocenters. The third-order valence-corrected chi connectivity index (χ3v) is 4.27. The summed E-state index contributed by atoms with van der Waals surface area (Å²) >= 11 is 0. The minimum absolute atomic E-state index is 1.10. The van der Waals surface area contributed by atoms with Crippen LogP contribution in [0.1, 0.15) is 50.2 Å². The summed E-state index contributed by atoms with van der Waals surface area (Å²) in [5.74, 6) is 0. The lowest BCUT2D eigenvalue weighted by molar-refractivity contribution is 0.646. The van der Waals surface area contributed by atoms with Crippen molar-refractivity contribution >= 4 is 0 Å². The first-order valence-electron chi connectivity index (χ1n) is 8.62. The molecule has 2 aromatic rings. The van der Waals surface area contributed by atoms with Gasteiger partial charge in [-0.2, -0.15) is 0 Å². The summed E-state index contributed by atoms with van der Waals surface area (Å²) in [5.41, 5.74) is 5.49. The van der Waals surface area contributed by atoms with Crippen molar-refractivity contribution in [2.24, 2.45) is 0 Å². The molecular weight excluding hydrogens is 264 g/mol. The Labute approximate surface area is 135 Å². The van der Waals surface area contributed by atoms with Crippen LogP contribution in [-0.4, -0.2) is 0 Å². The number of hydrogen-bond donors (Lipinski definition) is 0. The first-order valence-corrected chi connectivity index (χ1v) is 8.62. The van der Waals surface area contributed by atoms with E-state index < -0.39 is 0 Å². The highest BCUT2D eigenvalue weighted by molar-refractivity contribution is 5.63. The average Bonchev–Trinajstić information content (AvgIpc) is 2.59. The van der Waals surface area contributed by atoms with Crippen LogP contribution < -0.4 is 0 Å². The maximum atomic E-state index is 3.77. The Bertz CT molecular complexity index is 546. The first-order chi connectivity index (χ1) is 10.8. The molecule has 0 radical (unpaired) electrons. The predicted octanol–water partition coefficient (Wildman–Crippen LogP) is 6.60. The number of allylic oxidation sites excluding steroid dienone is 1. The average molecular weight is 292 g/mol. The van der Waals surface area contributed by atoms with Crippen LogP contribution in [0.3, 0.4) is 0 Å². The second-order valence-corrected chi connectivity index (χ2v) is 5.99. The molecule has 0 aromatic heterocycles. The molecule has 0 heterocycles. The van der Waals surface area contributed by atoms with Gasteiger partial charge in [-0.3, -0.25) is 0 Å². The molecule has 0 saturated heterocycles. The molecule has 0 unspecified atom stereocenters. The van der Waals surface area contributed by atoms with Crippen LogP contribution in [0.2, 0.25) is 0 Å². The fourth-order valence-corrected chi connectivity index (χ4v) is 2.77. The molecule has 0 aliphatic carbocycles. The van der Waals surface area contributed by atoms with Crippen LogP contribution >= 0.6 is 0 Å². The highest BCUT2D eigenvalue weighted by Gasteiger charge is 1.99. The van der Waals surface area contributed by atoms with Crippen molar-refractivity contribution in [3.8, 4) is 11.1 Å². The molecule has 0 nitrogen and oxygen atoms in total. The summed E-state index contributed by atoms with van der Waals surface area (Å²) in [6.07, 6.45) is 10.7. The Morgan fingerprint density at radius 2 is 1.27 bits per heavy atom. The van der Waals surface area contributed by atoms with Crippen LogP contribution in [0.15, 0.2) is 61.2 Å². The molecule has 0 aliphatic heterocycles. The normalized spacial score (nSPS) is 10.6. The van der Waals surface area contributed by atoms with Gasteiger partial charge in [-0.15, -0.1) is 6.58 Å². The van der Waals surface area contributed by atoms with Crippen molar-refractivity contribution in [2.45, 2.75) is 51.9 Å². The number of hydrogen-bond acceptors (Lipinski definition) is 0. The minimum Gasteiger partial charge on any atom is -0.103 e. The third-order valence-electron chi connectivity index (χ3n) is 4.27. The molecule has 116 valence electrons. The van der Waals surface area contributed by atoms with Crippen molar-refractivity contribution in [1.82, 2.24) is 0 Å². The quantitative estimate of drug-likeness (QED) is 0.361. The van der Waals surface area contributed by atoms with Gasteiger partial charge in [0.15, 0.2) is 0 Å². The minimum atomic E-state index is 1.10. The zero-order valence-electron chi connectivity index (χ0n) is 13.9. The molecule has 2 aromatic carbocycles. The molecule has 0 bridgehead atoms. The van der Waals surface area contributed by atoms with Crippen molar-refractivity contribution in [3.63, 3.8) is 0 Å². The summed E-state index contributed by atoms with van der Waals surface area (Å²) in [4.78, 5) is 0. The number of aryl methyl sites for hydroxylation is 2. The molecule has 0 heteroatoms. The smallest absolute Gasteiger partial charge is 0.0184 e. The van der Waals surface area contributed by atoms with Gasteiger partial charge >= 0.3 is 0 Å². The zero-order chi connectivity index (χ0) is 15.6. The molecule has 0 fully saturated rings. The van der Waals surface area contributed by atoms with E-state index in [-0.39, 0.29) is 0 Å². The Morgan fingerprint density at radius 3 is 1.82 bits per heavy atom. The molecule has 0 spiro atoms. The SMILES string of the molecule is C=CCCCCCCc1ccc(-c2ccc(CC)cc2)cc1. The van der Waals surface area contributed by atoms with Gasteiger partial charge in [0.1, 0.15) is 0 Å². The maximum Gasteiger partial charge on any atom is -0.0184 e. The summed E-state index contributed by atoms with van der Waals surface area (Å²) in [7, 11) is 0. The van der Waals surface area contributed by atoms with Gasteiger partial charge in [0.2, 0.25) is 0 Å². The monoisotopic (exact) mass is 292 g/mol. The van der Waals surface area contributed by atoms with Crippen LogP contribution in [0.5, 0.6) is 0 Å². The van der Waals surface area contributed by atoms with E-state index in [4.69, 9.17) is 0 Å². The maximum absolute atomic E-state index is 3.77. The number of unbranched alkanes of at least 4 members (excludes halogenated alkanes) is 4. The van der Waals surface area contributed by atoms with Gasteiger partial charge in [-0.25, -0.2) is 0 Å². The second kappa shape index (κ2) is 9.25. The predicted molar refractivity (Wildman–Crippen MR) is 98.2 cm³/mol. The number of rotatable bonds is 9. The molecule has 0 saturated carbocycles. The topological polar surface area (TPSA) is 0 Å². The van der Waals surface area contributed by atoms with Gasteiger partial charge in [0.25, 0.3) is 0 Å². The van der Waals surface area contributed by atoms with Crippen LogP contribution in [-0.2, 0) is 12.8 Å². The highest BCUT2D eigenvalue weighted by atomic mass is 14.0. The van der Waals surface area contributed by atoms with Gasteiger partial charge < -0.3 is 0 Å². The summed E-state index contributed by atoms with van der Waals surface area (Å²) in [5, 5.41) is 0. The van der Waals surface area contributed by atoms with Gasteiger partial charge in [0, 0.05) is 0 Å². The highest BCUT2D eigenvalue weighted by Crippen LogP contribution is 2.21. The van der Waals surface area contributed by atoms with Crippen molar-refractivity contribution in [3.05, 3.63) is 72.3 Å². The summed E-state index contributed by atoms with van der Waals surface area (Å²) in [6.45, 7) is 5.96. The standard InChI is InChI=1S/C22H28/c1-3-5-6-7-8-9-10-20-13-17-22(18-14-20)21-15-11-19(4-2)12-16-21/h3,11-18H,1,4-10H2,2H3. The lowest BCUT2D eigenvalue weighted by atomic mass is 10.00. The van der Waals surface area contributed by atoms with E-state index >= 15 is 0 Å². The molecule has 22 heavy (non-hydrogen) atoms. The van der Waals surface area contributed by atoms with Crippen molar-refractivity contribution < 1.29 is 0 Å². The fourth-order valence-electron chi connectivity index (χ4n) is 2.77. The van der Waals surface area contributed by atoms with E-state index in [1.54, 1.807) is 0 Å². The zero-order valence-corrected chi connectivity index (χ0v) is 13.9. The van der Waals surface area contributed by atoms with E-state index in [1.807, 2.05) is 6.08 Å². The molecule has 2 rings (SSSR count). The summed E-state index contributed by atoms with van der Waals surface area (Å²) in [6, 6.07) is 18.0. The van der Waals surface area contributed by atoms with Crippen molar-refractivity contribution in [2.75, 3.05) is 0 Å². The first kappa shape index (κ1) is 16.5. The molecule has 0 N–H and O–H groups in total. The third kappa shape index (κ3) is 5.18. The van der Waals surface area contributed by atoms with Crippen LogP contribution in [0.4, 0.5) is 0 Å². The Kier molecular flexibility index (Phi) is 6.96. The summed E-state index contributed by atoms with van der Waals surface area (Å²) < 4.78 is 0. The largest absolute Gasteiger partial charge is 0.103 e. The van der Waals surface area contributed by atoms with E-state index in [1.165, 1.54) is 54.4 Å². The molecular formula is C22H28. The van der Waals surface area contributed by atoms with Crippen LogP contribution in [0, 0.1) is 0 Å².